The lowest BCUT2D eigenvalue weighted by atomic mass is 9.98. The van der Waals surface area contributed by atoms with Gasteiger partial charge in [0.2, 0.25) is 0 Å². The van der Waals surface area contributed by atoms with Crippen molar-refractivity contribution in [3.63, 3.8) is 0 Å². The van der Waals surface area contributed by atoms with E-state index in [4.69, 9.17) is 21.6 Å². The lowest BCUT2D eigenvalue weighted by Crippen LogP contribution is -2.26. The van der Waals surface area contributed by atoms with E-state index in [-0.39, 0.29) is 11.6 Å². The summed E-state index contributed by atoms with van der Waals surface area (Å²) < 4.78 is 20.3. The molecule has 2 aromatic rings. The van der Waals surface area contributed by atoms with E-state index in [0.29, 0.717) is 42.4 Å². The van der Waals surface area contributed by atoms with Gasteiger partial charge in [0, 0.05) is 59.6 Å². The highest BCUT2D eigenvalue weighted by molar-refractivity contribution is 5.97. The molecule has 1 aromatic carbocycles. The first kappa shape index (κ1) is 22.3. The number of benzene rings is 1. The van der Waals surface area contributed by atoms with E-state index >= 15 is 0 Å². The molecule has 2 heterocycles. The Labute approximate surface area is 181 Å². The Morgan fingerprint density at radius 3 is 2.87 bits per heavy atom. The van der Waals surface area contributed by atoms with Crippen LogP contribution in [0.25, 0.3) is 11.4 Å². The van der Waals surface area contributed by atoms with E-state index in [1.807, 2.05) is 19.9 Å². The number of hydrogen-bond acceptors (Lipinski definition) is 7. The normalized spacial score (nSPS) is 20.0. The zero-order valence-corrected chi connectivity index (χ0v) is 18.1. The van der Waals surface area contributed by atoms with Gasteiger partial charge in [-0.3, -0.25) is 0 Å². The standard InChI is InChI=1S/C23H29FN6O/c1-4-28-22-15-8-21(23(27)30-11-15)31-14(3)19-9-17(24)5-6-18(19)20(7-13(2)26)29-12-16(22)10-25/h5-9,11,14,26,28-29H,4,10,12,25H2,1-3H3,(H2,27,30)/b20-7-,22-16+,26-13?. The van der Waals surface area contributed by atoms with Gasteiger partial charge >= 0.3 is 0 Å². The number of hydrogen-bond donors (Lipinski definition) is 5. The van der Waals surface area contributed by atoms with Crippen LogP contribution in [0.4, 0.5) is 10.2 Å². The zero-order valence-electron chi connectivity index (χ0n) is 18.1. The topological polar surface area (TPSA) is 122 Å². The lowest BCUT2D eigenvalue weighted by Gasteiger charge is -2.24. The second-order valence-corrected chi connectivity index (χ2v) is 7.41. The van der Waals surface area contributed by atoms with E-state index in [1.165, 1.54) is 12.1 Å². The Hall–Kier alpha value is -3.39. The van der Waals surface area contributed by atoms with E-state index < -0.39 is 6.10 Å². The second kappa shape index (κ2) is 9.61. The quantitative estimate of drug-likeness (QED) is 0.481. The van der Waals surface area contributed by atoms with Crippen LogP contribution in [0.15, 0.2) is 42.1 Å². The number of anilines is 1. The highest BCUT2D eigenvalue weighted by atomic mass is 19.1. The molecule has 0 saturated carbocycles. The van der Waals surface area contributed by atoms with Gasteiger partial charge < -0.3 is 32.2 Å². The molecule has 1 unspecified atom stereocenters. The third-order valence-electron chi connectivity index (χ3n) is 5.02. The van der Waals surface area contributed by atoms with E-state index in [1.54, 1.807) is 25.3 Å². The zero-order chi connectivity index (χ0) is 22.5. The largest absolute Gasteiger partial charge is 0.482 e. The first-order valence-corrected chi connectivity index (χ1v) is 10.2. The molecule has 31 heavy (non-hydrogen) atoms. The summed E-state index contributed by atoms with van der Waals surface area (Å²) in [6.45, 7) is 6.96. The molecule has 1 aromatic heterocycles. The average molecular weight is 425 g/mol. The van der Waals surface area contributed by atoms with Crippen molar-refractivity contribution in [1.29, 1.82) is 5.41 Å². The molecule has 2 bridgehead atoms. The number of fused-ring (bicyclic) bond motifs is 3. The third-order valence-corrected chi connectivity index (χ3v) is 5.02. The van der Waals surface area contributed by atoms with Gasteiger partial charge in [-0.05, 0) is 56.7 Å². The van der Waals surface area contributed by atoms with Gasteiger partial charge in [-0.1, -0.05) is 0 Å². The van der Waals surface area contributed by atoms with Crippen molar-refractivity contribution in [2.75, 3.05) is 25.4 Å². The van der Waals surface area contributed by atoms with Crippen LogP contribution in [0.3, 0.4) is 0 Å². The molecule has 0 saturated heterocycles. The van der Waals surface area contributed by atoms with Crippen LogP contribution in [0.1, 0.15) is 43.6 Å². The van der Waals surface area contributed by atoms with Crippen LogP contribution in [0, 0.1) is 11.2 Å². The first-order valence-electron chi connectivity index (χ1n) is 10.2. The van der Waals surface area contributed by atoms with E-state index in [9.17, 15) is 4.39 Å². The number of nitrogen functional groups attached to an aromatic ring is 1. The van der Waals surface area contributed by atoms with Crippen molar-refractivity contribution >= 4 is 22.9 Å². The highest BCUT2D eigenvalue weighted by Crippen LogP contribution is 2.33. The molecule has 8 heteroatoms. The fraction of sp³-hybridized carbons (Fsp3) is 0.304. The Kier molecular flexibility index (Phi) is 6.91. The molecule has 0 fully saturated rings. The summed E-state index contributed by atoms with van der Waals surface area (Å²) >= 11 is 0. The number of pyridine rings is 1. The molecular formula is C23H29FN6O. The summed E-state index contributed by atoms with van der Waals surface area (Å²) in [6.07, 6.45) is 2.88. The Morgan fingerprint density at radius 2 is 2.19 bits per heavy atom. The van der Waals surface area contributed by atoms with Crippen molar-refractivity contribution in [2.24, 2.45) is 5.73 Å². The number of aromatic nitrogens is 1. The summed E-state index contributed by atoms with van der Waals surface area (Å²) in [7, 11) is 0. The van der Waals surface area contributed by atoms with Crippen molar-refractivity contribution < 1.29 is 9.13 Å². The van der Waals surface area contributed by atoms with Gasteiger partial charge in [0.05, 0.1) is 0 Å². The molecule has 1 atom stereocenters. The summed E-state index contributed by atoms with van der Waals surface area (Å²) in [4.78, 5) is 4.30. The van der Waals surface area contributed by atoms with Crippen LogP contribution in [0.5, 0.6) is 5.75 Å². The highest BCUT2D eigenvalue weighted by Gasteiger charge is 2.20. The second-order valence-electron chi connectivity index (χ2n) is 7.41. The number of allylic oxidation sites excluding steroid dienone is 1. The minimum Gasteiger partial charge on any atom is -0.482 e. The first-order chi connectivity index (χ1) is 14.8. The monoisotopic (exact) mass is 424 g/mol. The third kappa shape index (κ3) is 5.03. The van der Waals surface area contributed by atoms with Gasteiger partial charge in [-0.25, -0.2) is 9.37 Å². The molecule has 1 aliphatic rings. The molecule has 7 N–H and O–H groups in total. The predicted molar refractivity (Wildman–Crippen MR) is 123 cm³/mol. The molecule has 1 aliphatic heterocycles. The van der Waals surface area contributed by atoms with Crippen LogP contribution in [0.2, 0.25) is 0 Å². The van der Waals surface area contributed by atoms with E-state index in [2.05, 4.69) is 15.6 Å². The minimum atomic E-state index is -0.513. The summed E-state index contributed by atoms with van der Waals surface area (Å²) in [6, 6.07) is 6.35. The minimum absolute atomic E-state index is 0.250. The number of ether oxygens (including phenoxy) is 1. The maximum Gasteiger partial charge on any atom is 0.166 e. The molecule has 0 radical (unpaired) electrons. The predicted octanol–water partition coefficient (Wildman–Crippen LogP) is 3.21. The maximum absolute atomic E-state index is 14.2. The van der Waals surface area contributed by atoms with Crippen molar-refractivity contribution in [2.45, 2.75) is 26.9 Å². The summed E-state index contributed by atoms with van der Waals surface area (Å²) in [5.41, 5.74) is 17.2. The Morgan fingerprint density at radius 1 is 1.42 bits per heavy atom. The molecule has 0 aliphatic carbocycles. The number of rotatable bonds is 4. The lowest BCUT2D eigenvalue weighted by molar-refractivity contribution is 0.226. The van der Waals surface area contributed by atoms with Crippen molar-refractivity contribution in [3.8, 4) is 5.75 Å². The van der Waals surface area contributed by atoms with Crippen LogP contribution in [-0.2, 0) is 0 Å². The van der Waals surface area contributed by atoms with Gasteiger partial charge in [-0.2, -0.15) is 0 Å². The molecule has 3 rings (SSSR count). The smallest absolute Gasteiger partial charge is 0.166 e. The van der Waals surface area contributed by atoms with Crippen LogP contribution < -0.4 is 26.8 Å². The van der Waals surface area contributed by atoms with Gasteiger partial charge in [0.15, 0.2) is 11.6 Å². The van der Waals surface area contributed by atoms with Gasteiger partial charge in [0.25, 0.3) is 0 Å². The van der Waals surface area contributed by atoms with Crippen molar-refractivity contribution in [3.05, 3.63) is 64.6 Å². The molecule has 0 amide bonds. The summed E-state index contributed by atoms with van der Waals surface area (Å²) in [5, 5.41) is 14.7. The molecule has 0 spiro atoms. The maximum atomic E-state index is 14.2. The van der Waals surface area contributed by atoms with Gasteiger partial charge in [-0.15, -0.1) is 0 Å². The summed E-state index contributed by atoms with van der Waals surface area (Å²) in [5.74, 6) is 0.290. The Balaban J connectivity index is 2.26. The average Bonchev–Trinajstić information content (AvgIpc) is 2.73. The molecule has 164 valence electrons. The van der Waals surface area contributed by atoms with Crippen molar-refractivity contribution in [1.82, 2.24) is 15.6 Å². The Bertz CT molecular complexity index is 1050. The number of halogens is 1. The van der Waals surface area contributed by atoms with Crippen LogP contribution >= 0.6 is 0 Å². The molecular weight excluding hydrogens is 395 g/mol. The SMILES string of the molecule is CCN/C1=C(\CN)CN/C(=C\C(C)=N)c2ccc(F)cc2C(C)Oc2cc1cnc2N. The fourth-order valence-corrected chi connectivity index (χ4v) is 3.57. The number of nitrogens with zero attached hydrogens (tertiary/aromatic N) is 1. The fourth-order valence-electron chi connectivity index (χ4n) is 3.57. The van der Waals surface area contributed by atoms with Gasteiger partial charge in [0.1, 0.15) is 11.9 Å². The van der Waals surface area contributed by atoms with Crippen LogP contribution in [-0.4, -0.2) is 30.3 Å². The number of nitrogens with one attached hydrogen (secondary N) is 3. The van der Waals surface area contributed by atoms with E-state index in [0.717, 1.165) is 22.4 Å². The number of nitrogens with two attached hydrogens (primary N) is 2. The molecule has 7 nitrogen and oxygen atoms in total.